The summed E-state index contributed by atoms with van der Waals surface area (Å²) in [5, 5.41) is 9.21. The molecule has 1 unspecified atom stereocenters. The van der Waals surface area contributed by atoms with Crippen LogP contribution in [0.15, 0.2) is 0 Å². The Hall–Kier alpha value is -0.170. The van der Waals surface area contributed by atoms with Gasteiger partial charge in [0.05, 0.1) is 0 Å². The Morgan fingerprint density at radius 3 is 2.67 bits per heavy atom. The van der Waals surface area contributed by atoms with Crippen molar-refractivity contribution in [1.82, 2.24) is 9.03 Å². The van der Waals surface area contributed by atoms with Gasteiger partial charge in [-0.2, -0.15) is 12.7 Å². The molecule has 2 N–H and O–H groups in total. The Bertz CT molecular complexity index is 396. The van der Waals surface area contributed by atoms with Crippen molar-refractivity contribution in [2.45, 2.75) is 59.3 Å². The molecular formula is C15H32N2O3S. The number of unbranched alkanes of at least 4 members (excludes halogenated alkanes) is 2. The maximum absolute atomic E-state index is 12.4. The molecule has 0 radical (unpaired) electrons. The lowest BCUT2D eigenvalue weighted by atomic mass is 9.87. The Balaban J connectivity index is 2.48. The molecule has 0 spiro atoms. The van der Waals surface area contributed by atoms with E-state index in [0.717, 1.165) is 25.7 Å². The highest BCUT2D eigenvalue weighted by Gasteiger charge is 2.30. The fraction of sp³-hybridized carbons (Fsp3) is 1.00. The lowest BCUT2D eigenvalue weighted by Gasteiger charge is -2.32. The molecule has 0 bridgehead atoms. The van der Waals surface area contributed by atoms with E-state index in [1.165, 1.54) is 17.1 Å². The van der Waals surface area contributed by atoms with Crippen LogP contribution in [0.25, 0.3) is 0 Å². The monoisotopic (exact) mass is 320 g/mol. The first-order chi connectivity index (χ1) is 9.80. The van der Waals surface area contributed by atoms with Crippen LogP contribution >= 0.6 is 0 Å². The Kier molecular flexibility index (Phi) is 7.60. The van der Waals surface area contributed by atoms with Crippen LogP contribution in [-0.4, -0.2) is 44.1 Å². The SMILES string of the molecule is CCCCCC(C)(C)CNS(=O)(=O)N1CCCC(CO)C1. The molecule has 0 aromatic heterocycles. The molecule has 1 aliphatic rings. The van der Waals surface area contributed by atoms with E-state index in [1.54, 1.807) is 0 Å². The highest BCUT2D eigenvalue weighted by molar-refractivity contribution is 7.87. The van der Waals surface area contributed by atoms with Crippen molar-refractivity contribution in [3.8, 4) is 0 Å². The van der Waals surface area contributed by atoms with Crippen molar-refractivity contribution < 1.29 is 13.5 Å². The van der Waals surface area contributed by atoms with Gasteiger partial charge in [0.2, 0.25) is 0 Å². The minimum absolute atomic E-state index is 0.0194. The number of nitrogens with zero attached hydrogens (tertiary/aromatic N) is 1. The largest absolute Gasteiger partial charge is 0.396 e. The molecule has 0 aliphatic carbocycles. The average molecular weight is 320 g/mol. The minimum Gasteiger partial charge on any atom is -0.396 e. The molecule has 0 saturated carbocycles. The van der Waals surface area contributed by atoms with Gasteiger partial charge in [0.25, 0.3) is 10.2 Å². The molecule has 0 aromatic carbocycles. The zero-order chi connectivity index (χ0) is 15.9. The summed E-state index contributed by atoms with van der Waals surface area (Å²) in [6, 6.07) is 0. The van der Waals surface area contributed by atoms with Gasteiger partial charge in [-0.25, -0.2) is 4.72 Å². The van der Waals surface area contributed by atoms with E-state index >= 15 is 0 Å². The first-order valence-electron chi connectivity index (χ1n) is 8.16. The van der Waals surface area contributed by atoms with Crippen LogP contribution in [0, 0.1) is 11.3 Å². The molecule has 6 heteroatoms. The van der Waals surface area contributed by atoms with Gasteiger partial charge in [0.1, 0.15) is 0 Å². The predicted molar refractivity (Wildman–Crippen MR) is 86.2 cm³/mol. The zero-order valence-electron chi connectivity index (χ0n) is 13.8. The molecule has 1 saturated heterocycles. The second-order valence-corrected chi connectivity index (χ2v) is 8.75. The zero-order valence-corrected chi connectivity index (χ0v) is 14.6. The Labute approximate surface area is 130 Å². The van der Waals surface area contributed by atoms with Gasteiger partial charge in [0, 0.05) is 26.2 Å². The first kappa shape index (κ1) is 18.9. The van der Waals surface area contributed by atoms with Gasteiger partial charge in [0.15, 0.2) is 0 Å². The van der Waals surface area contributed by atoms with Crippen molar-refractivity contribution in [3.05, 3.63) is 0 Å². The van der Waals surface area contributed by atoms with Gasteiger partial charge in [-0.05, 0) is 30.6 Å². The molecule has 1 heterocycles. The van der Waals surface area contributed by atoms with Gasteiger partial charge in [-0.1, -0.05) is 40.0 Å². The fourth-order valence-electron chi connectivity index (χ4n) is 2.71. The van der Waals surface area contributed by atoms with Crippen molar-refractivity contribution in [2.24, 2.45) is 11.3 Å². The van der Waals surface area contributed by atoms with Gasteiger partial charge in [-0.15, -0.1) is 0 Å². The van der Waals surface area contributed by atoms with Crippen molar-refractivity contribution in [2.75, 3.05) is 26.2 Å². The molecule has 5 nitrogen and oxygen atoms in total. The van der Waals surface area contributed by atoms with E-state index in [1.807, 2.05) is 0 Å². The van der Waals surface area contributed by atoms with Crippen LogP contribution in [0.4, 0.5) is 0 Å². The summed E-state index contributed by atoms with van der Waals surface area (Å²) in [5.74, 6) is 0.0767. The predicted octanol–water partition coefficient (Wildman–Crippen LogP) is 2.13. The summed E-state index contributed by atoms with van der Waals surface area (Å²) in [4.78, 5) is 0. The lowest BCUT2D eigenvalue weighted by molar-refractivity contribution is 0.164. The standard InChI is InChI=1S/C15H32N2O3S/c1-4-5-6-9-15(2,3)13-16-21(19,20)17-10-7-8-14(11-17)12-18/h14,16,18H,4-13H2,1-3H3. The highest BCUT2D eigenvalue weighted by atomic mass is 32.2. The fourth-order valence-corrected chi connectivity index (χ4v) is 4.25. The molecule has 1 rings (SSSR count). The number of aliphatic hydroxyl groups is 1. The molecule has 1 atom stereocenters. The molecule has 0 aromatic rings. The number of hydrogen-bond donors (Lipinski definition) is 2. The second kappa shape index (κ2) is 8.46. The van der Waals surface area contributed by atoms with Crippen LogP contribution in [0.3, 0.4) is 0 Å². The van der Waals surface area contributed by atoms with Gasteiger partial charge < -0.3 is 5.11 Å². The number of rotatable bonds is 9. The summed E-state index contributed by atoms with van der Waals surface area (Å²) in [6.45, 7) is 7.91. The third kappa shape index (κ3) is 6.63. The van der Waals surface area contributed by atoms with Gasteiger partial charge >= 0.3 is 0 Å². The lowest BCUT2D eigenvalue weighted by Crippen LogP contribution is -2.48. The summed E-state index contributed by atoms with van der Waals surface area (Å²) in [7, 11) is -3.42. The Morgan fingerprint density at radius 2 is 2.05 bits per heavy atom. The van der Waals surface area contributed by atoms with Crippen LogP contribution in [0.2, 0.25) is 0 Å². The van der Waals surface area contributed by atoms with Crippen LogP contribution in [0.1, 0.15) is 59.3 Å². The first-order valence-corrected chi connectivity index (χ1v) is 9.60. The van der Waals surface area contributed by atoms with E-state index in [0.29, 0.717) is 19.6 Å². The Morgan fingerprint density at radius 1 is 1.33 bits per heavy atom. The molecule has 21 heavy (non-hydrogen) atoms. The van der Waals surface area contributed by atoms with Crippen LogP contribution in [-0.2, 0) is 10.2 Å². The topological polar surface area (TPSA) is 69.6 Å². The average Bonchev–Trinajstić information content (AvgIpc) is 2.46. The molecule has 1 aliphatic heterocycles. The molecular weight excluding hydrogens is 288 g/mol. The summed E-state index contributed by atoms with van der Waals surface area (Å²) in [6.07, 6.45) is 6.28. The number of nitrogens with one attached hydrogen (secondary N) is 1. The summed E-state index contributed by atoms with van der Waals surface area (Å²) >= 11 is 0. The van der Waals surface area contributed by atoms with E-state index in [9.17, 15) is 13.5 Å². The van der Waals surface area contributed by atoms with Crippen molar-refractivity contribution >= 4 is 10.2 Å². The van der Waals surface area contributed by atoms with E-state index in [2.05, 4.69) is 25.5 Å². The van der Waals surface area contributed by atoms with Crippen LogP contribution in [0.5, 0.6) is 0 Å². The minimum atomic E-state index is -3.42. The normalized spacial score (nSPS) is 21.6. The summed E-state index contributed by atoms with van der Waals surface area (Å²) in [5.41, 5.74) is -0.0194. The maximum Gasteiger partial charge on any atom is 0.279 e. The summed E-state index contributed by atoms with van der Waals surface area (Å²) < 4.78 is 29.0. The van der Waals surface area contributed by atoms with Crippen LogP contribution < -0.4 is 4.72 Å². The second-order valence-electron chi connectivity index (χ2n) is 7.00. The molecule has 0 amide bonds. The number of aliphatic hydroxyl groups excluding tert-OH is 1. The third-order valence-corrected chi connectivity index (χ3v) is 5.79. The highest BCUT2D eigenvalue weighted by Crippen LogP contribution is 2.24. The molecule has 1 fully saturated rings. The van der Waals surface area contributed by atoms with E-state index in [-0.39, 0.29) is 17.9 Å². The third-order valence-electron chi connectivity index (χ3n) is 4.27. The van der Waals surface area contributed by atoms with Gasteiger partial charge in [-0.3, -0.25) is 0 Å². The smallest absolute Gasteiger partial charge is 0.279 e. The quantitative estimate of drug-likeness (QED) is 0.639. The number of piperidine rings is 1. The van der Waals surface area contributed by atoms with E-state index < -0.39 is 10.2 Å². The van der Waals surface area contributed by atoms with E-state index in [4.69, 9.17) is 0 Å². The maximum atomic E-state index is 12.4. The van der Waals surface area contributed by atoms with Crippen molar-refractivity contribution in [1.29, 1.82) is 0 Å². The molecule has 126 valence electrons. The number of hydrogen-bond acceptors (Lipinski definition) is 3. The van der Waals surface area contributed by atoms with Crippen molar-refractivity contribution in [3.63, 3.8) is 0 Å².